The molecule has 0 aromatic carbocycles. The number of methoxy groups -OCH3 is 1. The van der Waals surface area contributed by atoms with Crippen molar-refractivity contribution in [1.29, 1.82) is 0 Å². The maximum absolute atomic E-state index is 12.2. The Morgan fingerprint density at radius 1 is 1.28 bits per heavy atom. The molecule has 0 N–H and O–H groups in total. The van der Waals surface area contributed by atoms with Gasteiger partial charge >= 0.3 is 0 Å². The van der Waals surface area contributed by atoms with Crippen LogP contribution in [0.2, 0.25) is 0 Å². The highest BCUT2D eigenvalue weighted by atomic mass is 35.5. The first-order chi connectivity index (χ1) is 8.16. The minimum atomic E-state index is -0.640. The second kappa shape index (κ2) is 6.91. The van der Waals surface area contributed by atoms with Crippen LogP contribution in [0.4, 0.5) is 0 Å². The SMILES string of the molecule is CCCCC(OC)C(C(=O)Cl)(C(C)C)C(C)(C)C. The number of rotatable bonds is 7. The minimum absolute atomic E-state index is 0.123. The van der Waals surface area contributed by atoms with Crippen molar-refractivity contribution in [3.63, 3.8) is 0 Å². The molecule has 3 heteroatoms. The summed E-state index contributed by atoms with van der Waals surface area (Å²) in [6.07, 6.45) is 2.89. The zero-order valence-corrected chi connectivity index (χ0v) is 13.7. The van der Waals surface area contributed by atoms with E-state index < -0.39 is 5.41 Å². The molecule has 0 saturated carbocycles. The molecular formula is C15H29ClO2. The Kier molecular flexibility index (Phi) is 6.87. The monoisotopic (exact) mass is 276 g/mol. The van der Waals surface area contributed by atoms with Crippen molar-refractivity contribution in [3.05, 3.63) is 0 Å². The van der Waals surface area contributed by atoms with E-state index in [1.54, 1.807) is 7.11 Å². The first kappa shape index (κ1) is 17.9. The first-order valence-corrected chi connectivity index (χ1v) is 7.26. The molecule has 0 aliphatic heterocycles. The number of carbonyl (C=O) groups excluding carboxylic acids is 1. The Morgan fingerprint density at radius 2 is 1.78 bits per heavy atom. The number of hydrogen-bond acceptors (Lipinski definition) is 2. The summed E-state index contributed by atoms with van der Waals surface area (Å²) in [5.41, 5.74) is -0.868. The summed E-state index contributed by atoms with van der Waals surface area (Å²) in [7, 11) is 1.68. The third kappa shape index (κ3) is 3.27. The third-order valence-corrected chi connectivity index (χ3v) is 4.40. The van der Waals surface area contributed by atoms with E-state index in [2.05, 4.69) is 41.5 Å². The van der Waals surface area contributed by atoms with Crippen LogP contribution in [0, 0.1) is 16.7 Å². The van der Waals surface area contributed by atoms with Crippen LogP contribution in [-0.4, -0.2) is 18.5 Å². The van der Waals surface area contributed by atoms with E-state index >= 15 is 0 Å². The molecule has 108 valence electrons. The lowest BCUT2D eigenvalue weighted by atomic mass is 9.57. The Bertz CT molecular complexity index is 268. The highest BCUT2D eigenvalue weighted by Gasteiger charge is 2.55. The van der Waals surface area contributed by atoms with Crippen molar-refractivity contribution in [2.45, 2.75) is 66.9 Å². The number of hydrogen-bond donors (Lipinski definition) is 0. The van der Waals surface area contributed by atoms with E-state index in [9.17, 15) is 4.79 Å². The molecule has 0 spiro atoms. The van der Waals surface area contributed by atoms with E-state index in [0.717, 1.165) is 19.3 Å². The van der Waals surface area contributed by atoms with Gasteiger partial charge in [-0.2, -0.15) is 0 Å². The number of halogens is 1. The molecule has 0 rings (SSSR count). The number of unbranched alkanes of at least 4 members (excludes halogenated alkanes) is 1. The van der Waals surface area contributed by atoms with E-state index in [4.69, 9.17) is 16.3 Å². The highest BCUT2D eigenvalue weighted by molar-refractivity contribution is 6.64. The van der Waals surface area contributed by atoms with Crippen molar-refractivity contribution in [2.75, 3.05) is 7.11 Å². The van der Waals surface area contributed by atoms with Crippen LogP contribution >= 0.6 is 11.6 Å². The van der Waals surface area contributed by atoms with E-state index in [-0.39, 0.29) is 22.7 Å². The average Bonchev–Trinajstić information content (AvgIpc) is 2.20. The van der Waals surface area contributed by atoms with Crippen LogP contribution in [0.1, 0.15) is 60.8 Å². The van der Waals surface area contributed by atoms with Gasteiger partial charge in [-0.25, -0.2) is 0 Å². The van der Waals surface area contributed by atoms with Crippen LogP contribution in [0.15, 0.2) is 0 Å². The Morgan fingerprint density at radius 3 is 2.00 bits per heavy atom. The molecule has 0 bridgehead atoms. The molecule has 0 saturated heterocycles. The molecule has 18 heavy (non-hydrogen) atoms. The Balaban J connectivity index is 5.61. The number of carbonyl (C=O) groups is 1. The van der Waals surface area contributed by atoms with Crippen molar-refractivity contribution >= 4 is 16.8 Å². The summed E-state index contributed by atoms with van der Waals surface area (Å²) in [6.45, 7) is 12.5. The summed E-state index contributed by atoms with van der Waals surface area (Å²) in [6, 6.07) is 0. The molecule has 0 aromatic heterocycles. The average molecular weight is 277 g/mol. The molecule has 2 unspecified atom stereocenters. The molecule has 0 fully saturated rings. The molecule has 2 atom stereocenters. The van der Waals surface area contributed by atoms with Crippen molar-refractivity contribution in [2.24, 2.45) is 16.7 Å². The molecule has 0 aliphatic carbocycles. The molecular weight excluding hydrogens is 248 g/mol. The fourth-order valence-electron chi connectivity index (χ4n) is 3.29. The molecule has 0 aromatic rings. The second-order valence-electron chi connectivity index (χ2n) is 6.41. The van der Waals surface area contributed by atoms with Gasteiger partial charge in [-0.15, -0.1) is 0 Å². The predicted octanol–water partition coefficient (Wildman–Crippen LogP) is 4.65. The smallest absolute Gasteiger partial charge is 0.231 e. The molecule has 0 amide bonds. The van der Waals surface area contributed by atoms with E-state index in [1.807, 2.05) is 0 Å². The quantitative estimate of drug-likeness (QED) is 0.633. The summed E-state index contributed by atoms with van der Waals surface area (Å²) >= 11 is 6.01. The Labute approximate surface area is 117 Å². The van der Waals surface area contributed by atoms with Gasteiger partial charge in [-0.3, -0.25) is 4.79 Å². The normalized spacial score (nSPS) is 17.6. The van der Waals surface area contributed by atoms with Gasteiger partial charge in [0.25, 0.3) is 0 Å². The zero-order chi connectivity index (χ0) is 14.6. The minimum Gasteiger partial charge on any atom is -0.380 e. The van der Waals surface area contributed by atoms with Crippen molar-refractivity contribution in [3.8, 4) is 0 Å². The largest absolute Gasteiger partial charge is 0.380 e. The van der Waals surface area contributed by atoms with Crippen LogP contribution < -0.4 is 0 Å². The van der Waals surface area contributed by atoms with Crippen molar-refractivity contribution < 1.29 is 9.53 Å². The van der Waals surface area contributed by atoms with Gasteiger partial charge in [-0.05, 0) is 29.4 Å². The van der Waals surface area contributed by atoms with Crippen LogP contribution in [0.3, 0.4) is 0 Å². The third-order valence-electron chi connectivity index (χ3n) is 4.09. The molecule has 2 nitrogen and oxygen atoms in total. The van der Waals surface area contributed by atoms with Gasteiger partial charge < -0.3 is 4.74 Å². The van der Waals surface area contributed by atoms with Crippen LogP contribution in [0.5, 0.6) is 0 Å². The van der Waals surface area contributed by atoms with Crippen LogP contribution in [0.25, 0.3) is 0 Å². The first-order valence-electron chi connectivity index (χ1n) is 6.88. The van der Waals surface area contributed by atoms with E-state index in [1.165, 1.54) is 0 Å². The van der Waals surface area contributed by atoms with Gasteiger partial charge in [0, 0.05) is 7.11 Å². The van der Waals surface area contributed by atoms with Crippen LogP contribution in [-0.2, 0) is 9.53 Å². The lowest BCUT2D eigenvalue weighted by molar-refractivity contribution is -0.151. The standard InChI is InChI=1S/C15H29ClO2/c1-8-9-10-12(18-7)15(11(2)3,13(16)17)14(4,5)6/h11-12H,8-10H2,1-7H3. The van der Waals surface area contributed by atoms with Crippen molar-refractivity contribution in [1.82, 2.24) is 0 Å². The topological polar surface area (TPSA) is 26.3 Å². The summed E-state index contributed by atoms with van der Waals surface area (Å²) in [4.78, 5) is 12.2. The molecule has 0 aliphatic rings. The molecule has 0 heterocycles. The van der Waals surface area contributed by atoms with E-state index in [0.29, 0.717) is 0 Å². The summed E-state index contributed by atoms with van der Waals surface area (Å²) in [5, 5.41) is -0.270. The predicted molar refractivity (Wildman–Crippen MR) is 77.9 cm³/mol. The zero-order valence-electron chi connectivity index (χ0n) is 13.0. The second-order valence-corrected chi connectivity index (χ2v) is 6.76. The maximum Gasteiger partial charge on any atom is 0.231 e. The summed E-state index contributed by atoms with van der Waals surface area (Å²) in [5.74, 6) is 0.143. The Hall–Kier alpha value is -0.0800. The van der Waals surface area contributed by atoms with Gasteiger partial charge in [0.05, 0.1) is 11.5 Å². The lowest BCUT2D eigenvalue weighted by Gasteiger charge is -2.49. The van der Waals surface area contributed by atoms with Gasteiger partial charge in [0.1, 0.15) is 0 Å². The van der Waals surface area contributed by atoms with Gasteiger partial charge in [0.15, 0.2) is 0 Å². The fourth-order valence-corrected chi connectivity index (χ4v) is 3.91. The van der Waals surface area contributed by atoms with Gasteiger partial charge in [0.2, 0.25) is 5.24 Å². The number of ether oxygens (including phenoxy) is 1. The highest BCUT2D eigenvalue weighted by Crippen LogP contribution is 2.51. The maximum atomic E-state index is 12.2. The fraction of sp³-hybridized carbons (Fsp3) is 0.933. The molecule has 0 radical (unpaired) electrons. The summed E-state index contributed by atoms with van der Waals surface area (Å²) < 4.78 is 5.66. The lowest BCUT2D eigenvalue weighted by Crippen LogP contribution is -2.54. The van der Waals surface area contributed by atoms with Gasteiger partial charge in [-0.1, -0.05) is 54.4 Å².